The fraction of sp³-hybridized carbons (Fsp3) is 0.448. The predicted octanol–water partition coefficient (Wildman–Crippen LogP) is 4.57. The fourth-order valence-corrected chi connectivity index (χ4v) is 5.09. The molecule has 1 fully saturated rings. The van der Waals surface area contributed by atoms with Crippen LogP contribution in [0.3, 0.4) is 0 Å². The molecule has 0 saturated carbocycles. The van der Waals surface area contributed by atoms with Gasteiger partial charge in [0.05, 0.1) is 18.2 Å². The number of likely N-dealkylation sites (tertiary alicyclic amines) is 1. The van der Waals surface area contributed by atoms with E-state index in [1.807, 2.05) is 39.0 Å². The molecule has 1 saturated heterocycles. The van der Waals surface area contributed by atoms with Crippen LogP contribution in [0.5, 0.6) is 5.75 Å². The average molecular weight is 491 g/mol. The number of β-amino-alcohol motifs (C(OH)–C–C–N with tert-alkyl or cyclic N) is 1. The largest absolute Gasteiger partial charge is 0.491 e. The highest BCUT2D eigenvalue weighted by Crippen LogP contribution is 2.34. The number of amidine groups is 1. The number of nitrogens with zero attached hydrogens (tertiary/aromatic N) is 2. The molecule has 0 aromatic heterocycles. The van der Waals surface area contributed by atoms with E-state index in [-0.39, 0.29) is 18.2 Å². The van der Waals surface area contributed by atoms with Crippen LogP contribution < -0.4 is 15.4 Å². The Morgan fingerprint density at radius 1 is 1.25 bits per heavy atom. The summed E-state index contributed by atoms with van der Waals surface area (Å²) in [7, 11) is 1.77. The highest BCUT2D eigenvalue weighted by molar-refractivity contribution is 6.04. The number of aliphatic imine (C=N–C) groups is 1. The Morgan fingerprint density at radius 3 is 2.75 bits per heavy atom. The van der Waals surface area contributed by atoms with Gasteiger partial charge in [0.1, 0.15) is 11.6 Å². The molecule has 2 aromatic rings. The first kappa shape index (κ1) is 25.8. The van der Waals surface area contributed by atoms with Crippen LogP contribution in [-0.4, -0.2) is 54.2 Å². The van der Waals surface area contributed by atoms with E-state index in [0.29, 0.717) is 13.1 Å². The lowest BCUT2D eigenvalue weighted by atomic mass is 10.0. The number of aryl methyl sites for hydroxylation is 1. The molecule has 7 heteroatoms. The number of carbonyl (C=O) groups is 1. The van der Waals surface area contributed by atoms with Crippen LogP contribution in [0.25, 0.3) is 5.70 Å². The van der Waals surface area contributed by atoms with Crippen LogP contribution in [0.15, 0.2) is 48.0 Å². The molecule has 192 valence electrons. The summed E-state index contributed by atoms with van der Waals surface area (Å²) in [5.41, 5.74) is 6.14. The van der Waals surface area contributed by atoms with Gasteiger partial charge in [-0.3, -0.25) is 4.99 Å². The van der Waals surface area contributed by atoms with Crippen molar-refractivity contribution in [2.24, 2.45) is 4.99 Å². The number of ether oxygens (including phenoxy) is 1. The molecule has 4 rings (SSSR count). The van der Waals surface area contributed by atoms with Crippen LogP contribution in [0.1, 0.15) is 67.0 Å². The summed E-state index contributed by atoms with van der Waals surface area (Å²) >= 11 is 0. The first-order valence-electron chi connectivity index (χ1n) is 12.8. The molecule has 2 atom stereocenters. The third-order valence-electron chi connectivity index (χ3n) is 6.89. The van der Waals surface area contributed by atoms with Crippen molar-refractivity contribution < 1.29 is 14.6 Å². The quantitative estimate of drug-likeness (QED) is 0.409. The predicted molar refractivity (Wildman–Crippen MR) is 144 cm³/mol. The Hall–Kier alpha value is -3.32. The number of urea groups is 1. The summed E-state index contributed by atoms with van der Waals surface area (Å²) < 4.78 is 5.86. The van der Waals surface area contributed by atoms with E-state index in [9.17, 15) is 9.90 Å². The molecule has 1 aliphatic heterocycles. The van der Waals surface area contributed by atoms with E-state index in [1.165, 1.54) is 5.56 Å². The molecule has 2 amide bonds. The summed E-state index contributed by atoms with van der Waals surface area (Å²) in [6.07, 6.45) is 2.97. The van der Waals surface area contributed by atoms with E-state index >= 15 is 0 Å². The number of aliphatic hydroxyl groups excluding tert-OH is 1. The van der Waals surface area contributed by atoms with E-state index in [1.54, 1.807) is 11.9 Å². The van der Waals surface area contributed by atoms with Gasteiger partial charge in [-0.15, -0.1) is 0 Å². The lowest BCUT2D eigenvalue weighted by Crippen LogP contribution is -2.47. The zero-order valence-electron chi connectivity index (χ0n) is 21.8. The second-order valence-corrected chi connectivity index (χ2v) is 9.98. The summed E-state index contributed by atoms with van der Waals surface area (Å²) in [6.45, 7) is 11.4. The van der Waals surface area contributed by atoms with E-state index in [0.717, 1.165) is 65.2 Å². The average Bonchev–Trinajstić information content (AvgIpc) is 3.26. The number of hydrogen-bond acceptors (Lipinski definition) is 4. The lowest BCUT2D eigenvalue weighted by Gasteiger charge is -2.31. The molecular formula is C29H38N4O3. The summed E-state index contributed by atoms with van der Waals surface area (Å²) in [4.78, 5) is 19.1. The number of rotatable bonds is 6. The van der Waals surface area contributed by atoms with Gasteiger partial charge in [0.2, 0.25) is 0 Å². The van der Waals surface area contributed by atoms with Crippen molar-refractivity contribution in [3.05, 3.63) is 70.8 Å². The van der Waals surface area contributed by atoms with Gasteiger partial charge in [0.15, 0.2) is 0 Å². The highest BCUT2D eigenvalue weighted by Gasteiger charge is 2.30. The standard InChI is InChI=1S/C29H38N4O3/c1-18(2)36-27-14-11-21(16-19(27)3)20(4)31-28(30-5)25-10-6-9-24-23(25)12-13-26(24)32-29(35)33-15-7-8-22(34)17-33/h6,9-11,14,16,18,22,26,34H,4,7-8,12-13,15,17H2,1-3,5H3,(H,30,31)(H,32,35). The van der Waals surface area contributed by atoms with Gasteiger partial charge in [-0.05, 0) is 86.9 Å². The number of carbonyl (C=O) groups excluding carboxylic acids is 1. The molecular weight excluding hydrogens is 452 g/mol. The maximum absolute atomic E-state index is 12.8. The number of nitrogens with one attached hydrogen (secondary N) is 2. The van der Waals surface area contributed by atoms with Crippen LogP contribution in [0.4, 0.5) is 4.79 Å². The smallest absolute Gasteiger partial charge is 0.317 e. The Morgan fingerprint density at radius 2 is 2.06 bits per heavy atom. The number of hydrogen-bond donors (Lipinski definition) is 3. The number of amides is 2. The maximum Gasteiger partial charge on any atom is 0.317 e. The van der Waals surface area contributed by atoms with Gasteiger partial charge in [-0.1, -0.05) is 24.8 Å². The number of aliphatic hydroxyl groups is 1. The Balaban J connectivity index is 1.48. The molecule has 7 nitrogen and oxygen atoms in total. The molecule has 0 radical (unpaired) electrons. The summed E-state index contributed by atoms with van der Waals surface area (Å²) in [5.74, 6) is 1.63. The van der Waals surface area contributed by atoms with E-state index in [2.05, 4.69) is 40.4 Å². The van der Waals surface area contributed by atoms with Crippen molar-refractivity contribution in [1.82, 2.24) is 15.5 Å². The first-order valence-corrected chi connectivity index (χ1v) is 12.8. The van der Waals surface area contributed by atoms with E-state index < -0.39 is 6.10 Å². The zero-order chi connectivity index (χ0) is 25.8. The molecule has 0 bridgehead atoms. The monoisotopic (exact) mass is 490 g/mol. The van der Waals surface area contributed by atoms with Crippen molar-refractivity contribution in [2.45, 2.75) is 64.7 Å². The van der Waals surface area contributed by atoms with Gasteiger partial charge >= 0.3 is 6.03 Å². The molecule has 2 aliphatic rings. The van der Waals surface area contributed by atoms with Crippen LogP contribution >= 0.6 is 0 Å². The molecule has 1 heterocycles. The molecule has 0 spiro atoms. The van der Waals surface area contributed by atoms with Crippen molar-refractivity contribution in [3.8, 4) is 5.75 Å². The van der Waals surface area contributed by atoms with Crippen molar-refractivity contribution >= 4 is 17.6 Å². The van der Waals surface area contributed by atoms with Gasteiger partial charge in [-0.2, -0.15) is 0 Å². The molecule has 3 N–H and O–H groups in total. The molecule has 36 heavy (non-hydrogen) atoms. The van der Waals surface area contributed by atoms with Gasteiger partial charge < -0.3 is 25.4 Å². The minimum atomic E-state index is -0.433. The maximum atomic E-state index is 12.8. The second-order valence-electron chi connectivity index (χ2n) is 9.98. The lowest BCUT2D eigenvalue weighted by molar-refractivity contribution is 0.0833. The minimum absolute atomic E-state index is 0.0519. The summed E-state index contributed by atoms with van der Waals surface area (Å²) in [6, 6.07) is 12.1. The minimum Gasteiger partial charge on any atom is -0.491 e. The van der Waals surface area contributed by atoms with Crippen LogP contribution in [0, 0.1) is 6.92 Å². The highest BCUT2D eigenvalue weighted by atomic mass is 16.5. The molecule has 2 unspecified atom stereocenters. The third-order valence-corrected chi connectivity index (χ3v) is 6.89. The normalized spacial score (nSPS) is 19.7. The molecule has 2 aromatic carbocycles. The number of benzene rings is 2. The Bertz CT molecular complexity index is 1160. The van der Waals surface area contributed by atoms with Gasteiger partial charge in [-0.25, -0.2) is 4.79 Å². The van der Waals surface area contributed by atoms with E-state index in [4.69, 9.17) is 4.74 Å². The van der Waals surface area contributed by atoms with Crippen molar-refractivity contribution in [3.63, 3.8) is 0 Å². The van der Waals surface area contributed by atoms with Gasteiger partial charge in [0.25, 0.3) is 0 Å². The topological polar surface area (TPSA) is 86.2 Å². The number of fused-ring (bicyclic) bond motifs is 1. The summed E-state index contributed by atoms with van der Waals surface area (Å²) in [5, 5.41) is 16.5. The van der Waals surface area contributed by atoms with Crippen molar-refractivity contribution in [1.29, 1.82) is 0 Å². The Labute approximate surface area is 214 Å². The SMILES string of the molecule is C=C(NC(=NC)c1cccc2c1CCC2NC(=O)N1CCCC(O)C1)c1ccc(OC(C)C)c(C)c1. The first-order chi connectivity index (χ1) is 17.3. The fourth-order valence-electron chi connectivity index (χ4n) is 5.09. The Kier molecular flexibility index (Phi) is 7.99. The van der Waals surface area contributed by atoms with Crippen molar-refractivity contribution in [2.75, 3.05) is 20.1 Å². The zero-order valence-corrected chi connectivity index (χ0v) is 21.8. The third kappa shape index (κ3) is 5.73. The number of piperidine rings is 1. The second kappa shape index (κ2) is 11.2. The van der Waals surface area contributed by atoms with Gasteiger partial charge in [0, 0.05) is 31.4 Å². The van der Waals surface area contributed by atoms with Crippen LogP contribution in [-0.2, 0) is 6.42 Å². The van der Waals surface area contributed by atoms with Crippen LogP contribution in [0.2, 0.25) is 0 Å². The molecule has 1 aliphatic carbocycles.